The van der Waals surface area contributed by atoms with Gasteiger partial charge >= 0.3 is 0 Å². The molecule has 1 saturated carbocycles. The lowest BCUT2D eigenvalue weighted by molar-refractivity contribution is -0.144. The topological polar surface area (TPSA) is 41.6 Å². The van der Waals surface area contributed by atoms with Crippen LogP contribution in [0.1, 0.15) is 39.0 Å². The Kier molecular flexibility index (Phi) is 3.81. The third kappa shape index (κ3) is 2.95. The van der Waals surface area contributed by atoms with E-state index in [0.29, 0.717) is 17.9 Å². The van der Waals surface area contributed by atoms with Gasteiger partial charge in [-0.15, -0.1) is 0 Å². The third-order valence-electron chi connectivity index (χ3n) is 4.95. The number of carbonyl (C=O) groups is 1. The fourth-order valence-electron chi connectivity index (χ4n) is 3.33. The molecular weight excluding hydrogens is 240 g/mol. The first kappa shape index (κ1) is 13.4. The van der Waals surface area contributed by atoms with Gasteiger partial charge in [-0.05, 0) is 45.2 Å². The van der Waals surface area contributed by atoms with Crippen molar-refractivity contribution >= 4 is 5.91 Å². The maximum atomic E-state index is 12.9. The van der Waals surface area contributed by atoms with Crippen molar-refractivity contribution < 1.29 is 9.53 Å². The highest BCUT2D eigenvalue weighted by Crippen LogP contribution is 2.36. The molecule has 2 aliphatic heterocycles. The molecule has 3 aliphatic rings. The van der Waals surface area contributed by atoms with Crippen LogP contribution in [0.15, 0.2) is 0 Å². The number of nitrogens with one attached hydrogen (secondary N) is 1. The van der Waals surface area contributed by atoms with E-state index in [0.717, 1.165) is 52.1 Å². The molecule has 1 amide bonds. The zero-order valence-electron chi connectivity index (χ0n) is 12.0. The number of amides is 1. The van der Waals surface area contributed by atoms with Gasteiger partial charge in [-0.25, -0.2) is 0 Å². The van der Waals surface area contributed by atoms with Gasteiger partial charge in [0.15, 0.2) is 0 Å². The van der Waals surface area contributed by atoms with Crippen LogP contribution in [0.4, 0.5) is 0 Å². The molecule has 0 radical (unpaired) electrons. The molecule has 3 rings (SSSR count). The number of hydrogen-bond acceptors (Lipinski definition) is 3. The van der Waals surface area contributed by atoms with Crippen molar-refractivity contribution in [1.82, 2.24) is 10.2 Å². The summed E-state index contributed by atoms with van der Waals surface area (Å²) in [5, 5.41) is 3.36. The molecular formula is C15H26N2O2. The van der Waals surface area contributed by atoms with Crippen LogP contribution in [0.3, 0.4) is 0 Å². The summed E-state index contributed by atoms with van der Waals surface area (Å²) in [4.78, 5) is 15.1. The molecule has 2 saturated heterocycles. The molecule has 1 aliphatic carbocycles. The molecule has 1 unspecified atom stereocenters. The molecule has 1 N–H and O–H groups in total. The normalized spacial score (nSPS) is 30.3. The summed E-state index contributed by atoms with van der Waals surface area (Å²) in [5.41, 5.74) is -0.132. The molecule has 0 aromatic heterocycles. The van der Waals surface area contributed by atoms with Gasteiger partial charge in [0.2, 0.25) is 5.91 Å². The Hall–Kier alpha value is -0.610. The molecule has 2 heterocycles. The minimum absolute atomic E-state index is 0.132. The maximum Gasteiger partial charge on any atom is 0.228 e. The molecule has 0 aromatic carbocycles. The summed E-state index contributed by atoms with van der Waals surface area (Å²) in [6.07, 6.45) is 5.49. The Labute approximate surface area is 115 Å². The Bertz CT molecular complexity index is 329. The molecule has 3 fully saturated rings. The first-order chi connectivity index (χ1) is 9.19. The molecule has 19 heavy (non-hydrogen) atoms. The molecule has 108 valence electrons. The van der Waals surface area contributed by atoms with Crippen LogP contribution >= 0.6 is 0 Å². The first-order valence-electron chi connectivity index (χ1n) is 7.78. The Morgan fingerprint density at radius 3 is 2.63 bits per heavy atom. The number of piperidine rings is 1. The fourth-order valence-corrected chi connectivity index (χ4v) is 3.33. The number of ether oxygens (including phenoxy) is 1. The second-order valence-electron chi connectivity index (χ2n) is 6.73. The highest BCUT2D eigenvalue weighted by Gasteiger charge is 2.43. The zero-order chi connectivity index (χ0) is 13.3. The predicted octanol–water partition coefficient (Wildman–Crippen LogP) is 1.40. The highest BCUT2D eigenvalue weighted by atomic mass is 16.5. The first-order valence-corrected chi connectivity index (χ1v) is 7.78. The van der Waals surface area contributed by atoms with E-state index in [9.17, 15) is 4.79 Å². The number of hydrogen-bond donors (Lipinski definition) is 1. The van der Waals surface area contributed by atoms with Crippen molar-refractivity contribution in [1.29, 1.82) is 0 Å². The summed E-state index contributed by atoms with van der Waals surface area (Å²) in [5.74, 6) is 0.971. The Morgan fingerprint density at radius 1 is 1.32 bits per heavy atom. The summed E-state index contributed by atoms with van der Waals surface area (Å²) in [6, 6.07) is 0.528. The van der Waals surface area contributed by atoms with E-state index < -0.39 is 0 Å². The van der Waals surface area contributed by atoms with E-state index in [1.807, 2.05) is 0 Å². The van der Waals surface area contributed by atoms with Crippen molar-refractivity contribution in [2.75, 3.05) is 32.8 Å². The summed E-state index contributed by atoms with van der Waals surface area (Å²) in [7, 11) is 0. The van der Waals surface area contributed by atoms with E-state index in [-0.39, 0.29) is 5.41 Å². The lowest BCUT2D eigenvalue weighted by Gasteiger charge is -2.38. The van der Waals surface area contributed by atoms with Crippen molar-refractivity contribution in [3.8, 4) is 0 Å². The van der Waals surface area contributed by atoms with E-state index >= 15 is 0 Å². The van der Waals surface area contributed by atoms with Gasteiger partial charge in [0, 0.05) is 30.5 Å². The monoisotopic (exact) mass is 266 g/mol. The van der Waals surface area contributed by atoms with Crippen LogP contribution in [0.2, 0.25) is 0 Å². The molecule has 1 atom stereocenters. The van der Waals surface area contributed by atoms with Crippen molar-refractivity contribution in [2.24, 2.45) is 11.3 Å². The van der Waals surface area contributed by atoms with Crippen LogP contribution in [-0.4, -0.2) is 49.7 Å². The lowest BCUT2D eigenvalue weighted by atomic mass is 9.79. The van der Waals surface area contributed by atoms with E-state index in [4.69, 9.17) is 4.74 Å². The van der Waals surface area contributed by atoms with Gasteiger partial charge in [-0.1, -0.05) is 6.92 Å². The van der Waals surface area contributed by atoms with E-state index in [1.165, 1.54) is 12.8 Å². The van der Waals surface area contributed by atoms with Crippen LogP contribution in [0, 0.1) is 11.3 Å². The predicted molar refractivity (Wildman–Crippen MR) is 73.9 cm³/mol. The standard InChI is InChI=1S/C15H26N2O2/c1-15(5-7-16-8-6-15)14(18)17(13-2-3-13)10-12-4-9-19-11-12/h12-13,16H,2-11H2,1H3. The van der Waals surface area contributed by atoms with E-state index in [1.54, 1.807) is 0 Å². The molecule has 4 nitrogen and oxygen atoms in total. The van der Waals surface area contributed by atoms with Gasteiger partial charge in [-0.3, -0.25) is 4.79 Å². The molecule has 4 heteroatoms. The van der Waals surface area contributed by atoms with Crippen LogP contribution < -0.4 is 5.32 Å². The average molecular weight is 266 g/mol. The highest BCUT2D eigenvalue weighted by molar-refractivity contribution is 5.83. The van der Waals surface area contributed by atoms with Crippen molar-refractivity contribution in [3.05, 3.63) is 0 Å². The minimum Gasteiger partial charge on any atom is -0.381 e. The molecule has 0 bridgehead atoms. The van der Waals surface area contributed by atoms with Gasteiger partial charge in [-0.2, -0.15) is 0 Å². The number of rotatable bonds is 4. The smallest absolute Gasteiger partial charge is 0.228 e. The molecule has 0 aromatic rings. The van der Waals surface area contributed by atoms with E-state index in [2.05, 4.69) is 17.1 Å². The van der Waals surface area contributed by atoms with Crippen LogP contribution in [-0.2, 0) is 9.53 Å². The van der Waals surface area contributed by atoms with Gasteiger partial charge in [0.25, 0.3) is 0 Å². The van der Waals surface area contributed by atoms with Crippen molar-refractivity contribution in [2.45, 2.75) is 45.1 Å². The third-order valence-corrected chi connectivity index (χ3v) is 4.95. The second-order valence-corrected chi connectivity index (χ2v) is 6.73. The Balaban J connectivity index is 1.66. The fraction of sp³-hybridized carbons (Fsp3) is 0.933. The maximum absolute atomic E-state index is 12.9. The summed E-state index contributed by atoms with van der Waals surface area (Å²) < 4.78 is 5.46. The molecule has 0 spiro atoms. The zero-order valence-corrected chi connectivity index (χ0v) is 12.0. The van der Waals surface area contributed by atoms with Crippen molar-refractivity contribution in [3.63, 3.8) is 0 Å². The second kappa shape index (κ2) is 5.41. The lowest BCUT2D eigenvalue weighted by Crippen LogP contribution is -2.49. The minimum atomic E-state index is -0.132. The SMILES string of the molecule is CC1(C(=O)N(CC2CCOC2)C2CC2)CCNCC1. The van der Waals surface area contributed by atoms with Crippen LogP contribution in [0.5, 0.6) is 0 Å². The number of nitrogens with zero attached hydrogens (tertiary/aromatic N) is 1. The summed E-state index contributed by atoms with van der Waals surface area (Å²) in [6.45, 7) is 6.76. The Morgan fingerprint density at radius 2 is 2.05 bits per heavy atom. The van der Waals surface area contributed by atoms with Crippen LogP contribution in [0.25, 0.3) is 0 Å². The van der Waals surface area contributed by atoms with Gasteiger partial charge in [0.1, 0.15) is 0 Å². The largest absolute Gasteiger partial charge is 0.381 e. The van der Waals surface area contributed by atoms with Gasteiger partial charge in [0.05, 0.1) is 6.61 Å². The average Bonchev–Trinajstić information content (AvgIpc) is 3.13. The number of carbonyl (C=O) groups excluding carboxylic acids is 1. The quantitative estimate of drug-likeness (QED) is 0.836. The summed E-state index contributed by atoms with van der Waals surface area (Å²) >= 11 is 0. The van der Waals surface area contributed by atoms with Gasteiger partial charge < -0.3 is 15.0 Å².